The molecule has 0 fully saturated rings. The van der Waals surface area contributed by atoms with Gasteiger partial charge in [0.1, 0.15) is 11.5 Å². The molecule has 0 saturated carbocycles. The van der Waals surface area contributed by atoms with Crippen LogP contribution in [0.4, 0.5) is 0 Å². The van der Waals surface area contributed by atoms with Crippen molar-refractivity contribution in [2.75, 3.05) is 0 Å². The number of aryl methyl sites for hydroxylation is 1. The normalized spacial score (nSPS) is 12.9. The van der Waals surface area contributed by atoms with Gasteiger partial charge in [-0.2, -0.15) is 0 Å². The fraction of sp³-hybridized carbons (Fsp3) is 0.462. The zero-order valence-electron chi connectivity index (χ0n) is 10.4. The summed E-state index contributed by atoms with van der Waals surface area (Å²) in [6, 6.07) is 4.17. The van der Waals surface area contributed by atoms with E-state index in [1.807, 2.05) is 19.2 Å². The lowest BCUT2D eigenvalue weighted by molar-refractivity contribution is 0.389. The van der Waals surface area contributed by atoms with E-state index in [1.165, 1.54) is 5.56 Å². The van der Waals surface area contributed by atoms with Gasteiger partial charge in [0, 0.05) is 24.5 Å². The van der Waals surface area contributed by atoms with E-state index in [2.05, 4.69) is 28.9 Å². The van der Waals surface area contributed by atoms with Gasteiger partial charge in [0.25, 0.3) is 0 Å². The number of nitrogens with two attached hydrogens (primary N) is 1. The monoisotopic (exact) mass is 233 g/mol. The highest BCUT2D eigenvalue weighted by molar-refractivity contribution is 5.16. The van der Waals surface area contributed by atoms with Gasteiger partial charge in [0.05, 0.1) is 6.54 Å². The SMILES string of the molecule is CCCC(N)c1ccn(Cc2cc(C)on2)c1. The molecule has 17 heavy (non-hydrogen) atoms. The third-order valence-corrected chi connectivity index (χ3v) is 2.82. The van der Waals surface area contributed by atoms with Crippen LogP contribution in [0.15, 0.2) is 29.0 Å². The van der Waals surface area contributed by atoms with Crippen LogP contribution in [0.25, 0.3) is 0 Å². The lowest BCUT2D eigenvalue weighted by atomic mass is 10.1. The molecule has 0 spiro atoms. The minimum absolute atomic E-state index is 0.139. The summed E-state index contributed by atoms with van der Waals surface area (Å²) >= 11 is 0. The fourth-order valence-electron chi connectivity index (χ4n) is 1.93. The average molecular weight is 233 g/mol. The Morgan fingerprint density at radius 3 is 3.00 bits per heavy atom. The van der Waals surface area contributed by atoms with Crippen LogP contribution < -0.4 is 5.73 Å². The lowest BCUT2D eigenvalue weighted by Gasteiger charge is -2.07. The van der Waals surface area contributed by atoms with Crippen molar-refractivity contribution in [3.05, 3.63) is 41.5 Å². The summed E-state index contributed by atoms with van der Waals surface area (Å²) in [6.07, 6.45) is 6.25. The zero-order valence-corrected chi connectivity index (χ0v) is 10.4. The highest BCUT2D eigenvalue weighted by Crippen LogP contribution is 2.16. The van der Waals surface area contributed by atoms with E-state index in [0.717, 1.165) is 30.8 Å². The van der Waals surface area contributed by atoms with E-state index in [-0.39, 0.29) is 6.04 Å². The summed E-state index contributed by atoms with van der Waals surface area (Å²) in [5.74, 6) is 0.843. The van der Waals surface area contributed by atoms with E-state index in [9.17, 15) is 0 Å². The van der Waals surface area contributed by atoms with Crippen LogP contribution in [-0.4, -0.2) is 9.72 Å². The molecule has 2 aromatic heterocycles. The van der Waals surface area contributed by atoms with Gasteiger partial charge >= 0.3 is 0 Å². The van der Waals surface area contributed by atoms with Crippen LogP contribution in [0.5, 0.6) is 0 Å². The van der Waals surface area contributed by atoms with E-state index in [1.54, 1.807) is 0 Å². The van der Waals surface area contributed by atoms with E-state index in [0.29, 0.717) is 0 Å². The Labute approximate surface area is 101 Å². The first-order valence-electron chi connectivity index (χ1n) is 6.02. The maximum absolute atomic E-state index is 6.07. The second kappa shape index (κ2) is 5.19. The molecule has 2 aromatic rings. The second-order valence-corrected chi connectivity index (χ2v) is 4.44. The van der Waals surface area contributed by atoms with Gasteiger partial charge in [-0.15, -0.1) is 0 Å². The molecule has 0 aliphatic carbocycles. The first kappa shape index (κ1) is 11.9. The molecule has 0 aromatic carbocycles. The average Bonchev–Trinajstić information content (AvgIpc) is 2.89. The maximum Gasteiger partial charge on any atom is 0.133 e. The molecule has 92 valence electrons. The minimum Gasteiger partial charge on any atom is -0.361 e. The molecule has 0 radical (unpaired) electrons. The highest BCUT2D eigenvalue weighted by Gasteiger charge is 2.07. The Hall–Kier alpha value is -1.55. The van der Waals surface area contributed by atoms with Gasteiger partial charge in [-0.1, -0.05) is 18.5 Å². The maximum atomic E-state index is 6.07. The largest absolute Gasteiger partial charge is 0.361 e. The van der Waals surface area contributed by atoms with Gasteiger partial charge in [-0.3, -0.25) is 0 Å². The van der Waals surface area contributed by atoms with Crippen molar-refractivity contribution in [2.45, 2.75) is 39.3 Å². The van der Waals surface area contributed by atoms with Crippen LogP contribution in [0.3, 0.4) is 0 Å². The molecule has 0 saturated heterocycles. The van der Waals surface area contributed by atoms with Crippen LogP contribution in [0.1, 0.15) is 42.8 Å². The molecular weight excluding hydrogens is 214 g/mol. The first-order valence-corrected chi connectivity index (χ1v) is 6.02. The lowest BCUT2D eigenvalue weighted by Crippen LogP contribution is -2.08. The van der Waals surface area contributed by atoms with Gasteiger partial charge in [0.15, 0.2) is 0 Å². The van der Waals surface area contributed by atoms with Crippen LogP contribution in [-0.2, 0) is 6.54 Å². The zero-order chi connectivity index (χ0) is 12.3. The smallest absolute Gasteiger partial charge is 0.133 e. The van der Waals surface area contributed by atoms with Gasteiger partial charge in [0.2, 0.25) is 0 Å². The molecule has 1 atom stereocenters. The molecule has 0 aliphatic rings. The van der Waals surface area contributed by atoms with Crippen molar-refractivity contribution in [3.63, 3.8) is 0 Å². The molecular formula is C13H19N3O. The topological polar surface area (TPSA) is 57.0 Å². The molecule has 0 bridgehead atoms. The van der Waals surface area contributed by atoms with Gasteiger partial charge < -0.3 is 14.8 Å². The number of nitrogens with zero attached hydrogens (tertiary/aromatic N) is 2. The predicted molar refractivity (Wildman–Crippen MR) is 66.6 cm³/mol. The summed E-state index contributed by atoms with van der Waals surface area (Å²) in [4.78, 5) is 0. The summed E-state index contributed by atoms with van der Waals surface area (Å²) in [5, 5.41) is 3.97. The van der Waals surface area contributed by atoms with Crippen molar-refractivity contribution >= 4 is 0 Å². The summed E-state index contributed by atoms with van der Waals surface area (Å²) in [6.45, 7) is 4.78. The Morgan fingerprint density at radius 1 is 1.53 bits per heavy atom. The van der Waals surface area contributed by atoms with E-state index in [4.69, 9.17) is 10.3 Å². The second-order valence-electron chi connectivity index (χ2n) is 4.44. The Bertz CT molecular complexity index is 472. The number of aromatic nitrogens is 2. The Kier molecular flexibility index (Phi) is 3.64. The molecule has 0 amide bonds. The summed E-state index contributed by atoms with van der Waals surface area (Å²) in [5.41, 5.74) is 8.19. The van der Waals surface area contributed by atoms with Gasteiger partial charge in [-0.25, -0.2) is 0 Å². The predicted octanol–water partition coefficient (Wildman–Crippen LogP) is 2.63. The number of hydrogen-bond donors (Lipinski definition) is 1. The number of rotatable bonds is 5. The summed E-state index contributed by atoms with van der Waals surface area (Å²) in [7, 11) is 0. The molecule has 1 unspecified atom stereocenters. The van der Waals surface area contributed by atoms with Crippen molar-refractivity contribution in [3.8, 4) is 0 Å². The molecule has 4 nitrogen and oxygen atoms in total. The van der Waals surface area contributed by atoms with Crippen molar-refractivity contribution in [1.82, 2.24) is 9.72 Å². The van der Waals surface area contributed by atoms with Crippen molar-refractivity contribution in [2.24, 2.45) is 5.73 Å². The summed E-state index contributed by atoms with van der Waals surface area (Å²) < 4.78 is 7.13. The number of hydrogen-bond acceptors (Lipinski definition) is 3. The third-order valence-electron chi connectivity index (χ3n) is 2.82. The molecule has 4 heteroatoms. The minimum atomic E-state index is 0.139. The van der Waals surface area contributed by atoms with Gasteiger partial charge in [-0.05, 0) is 25.0 Å². The van der Waals surface area contributed by atoms with Crippen molar-refractivity contribution < 1.29 is 4.52 Å². The fourth-order valence-corrected chi connectivity index (χ4v) is 1.93. The molecule has 0 aliphatic heterocycles. The van der Waals surface area contributed by atoms with Crippen LogP contribution in [0.2, 0.25) is 0 Å². The van der Waals surface area contributed by atoms with Crippen LogP contribution in [0, 0.1) is 6.92 Å². The molecule has 2 rings (SSSR count). The molecule has 2 heterocycles. The third kappa shape index (κ3) is 2.97. The Balaban J connectivity index is 2.03. The first-order chi connectivity index (χ1) is 8.19. The standard InChI is InChI=1S/C13H19N3O/c1-3-4-13(14)11-5-6-16(8-11)9-12-7-10(2)17-15-12/h5-8,13H,3-4,9,14H2,1-2H3. The van der Waals surface area contributed by atoms with Crippen molar-refractivity contribution in [1.29, 1.82) is 0 Å². The van der Waals surface area contributed by atoms with E-state index >= 15 is 0 Å². The highest BCUT2D eigenvalue weighted by atomic mass is 16.5. The van der Waals surface area contributed by atoms with Crippen LogP contribution >= 0.6 is 0 Å². The quantitative estimate of drug-likeness (QED) is 0.863. The van der Waals surface area contributed by atoms with E-state index < -0.39 is 0 Å². The Morgan fingerprint density at radius 2 is 2.35 bits per heavy atom. The molecule has 2 N–H and O–H groups in total.